The van der Waals surface area contributed by atoms with Crippen molar-refractivity contribution in [1.29, 1.82) is 0 Å². The molecule has 14 heavy (non-hydrogen) atoms. The van der Waals surface area contributed by atoms with Gasteiger partial charge in [0, 0.05) is 6.20 Å². The second kappa shape index (κ2) is 3.29. The third-order valence-corrected chi connectivity index (χ3v) is 1.62. The highest BCUT2D eigenvalue weighted by Gasteiger charge is 2.08. The molecule has 70 valence electrons. The highest BCUT2D eigenvalue weighted by molar-refractivity contribution is 5.85. The van der Waals surface area contributed by atoms with Crippen molar-refractivity contribution in [3.8, 4) is 11.6 Å². The summed E-state index contributed by atoms with van der Waals surface area (Å²) in [6.45, 7) is 0. The lowest BCUT2D eigenvalue weighted by Crippen LogP contribution is -2.01. The van der Waals surface area contributed by atoms with Crippen molar-refractivity contribution in [3.63, 3.8) is 0 Å². The number of carbonyl (C=O) groups is 1. The van der Waals surface area contributed by atoms with E-state index in [2.05, 4.69) is 9.97 Å². The predicted octanol–water partition coefficient (Wildman–Crippen LogP) is 1.43. The molecule has 0 bridgehead atoms. The van der Waals surface area contributed by atoms with E-state index in [9.17, 15) is 4.79 Å². The molecule has 0 amide bonds. The minimum atomic E-state index is -1.08. The van der Waals surface area contributed by atoms with E-state index in [1.165, 1.54) is 18.5 Å². The number of carboxylic acids is 1. The zero-order chi connectivity index (χ0) is 9.97. The molecule has 0 saturated heterocycles. The van der Waals surface area contributed by atoms with Crippen LogP contribution in [0.4, 0.5) is 0 Å². The van der Waals surface area contributed by atoms with Crippen LogP contribution in [-0.4, -0.2) is 21.0 Å². The maximum atomic E-state index is 10.6. The van der Waals surface area contributed by atoms with Crippen molar-refractivity contribution >= 4 is 5.97 Å². The average Bonchev–Trinajstić information content (AvgIpc) is 2.71. The lowest BCUT2D eigenvalue weighted by molar-refractivity contribution is 0.0690. The number of aromatic nitrogens is 2. The van der Waals surface area contributed by atoms with Gasteiger partial charge in [0.1, 0.15) is 0 Å². The average molecular weight is 190 g/mol. The van der Waals surface area contributed by atoms with Gasteiger partial charge in [-0.05, 0) is 18.2 Å². The van der Waals surface area contributed by atoms with Crippen molar-refractivity contribution in [2.24, 2.45) is 0 Å². The van der Waals surface area contributed by atoms with Gasteiger partial charge >= 0.3 is 5.97 Å². The van der Waals surface area contributed by atoms with Gasteiger partial charge in [-0.25, -0.2) is 14.8 Å². The third kappa shape index (κ3) is 1.47. The van der Waals surface area contributed by atoms with Gasteiger partial charge in [-0.2, -0.15) is 0 Å². The van der Waals surface area contributed by atoms with Gasteiger partial charge in [0.25, 0.3) is 0 Å². The molecular formula is C9H6N2O3. The monoisotopic (exact) mass is 190 g/mol. The first-order valence-corrected chi connectivity index (χ1v) is 3.87. The highest BCUT2D eigenvalue weighted by atomic mass is 16.4. The van der Waals surface area contributed by atoms with Crippen LogP contribution in [0.5, 0.6) is 0 Å². The fraction of sp³-hybridized carbons (Fsp3) is 0. The Morgan fingerprint density at radius 2 is 2.29 bits per heavy atom. The fourth-order valence-electron chi connectivity index (χ4n) is 1.00. The molecule has 0 fully saturated rings. The molecular weight excluding hydrogens is 184 g/mol. The molecule has 1 N–H and O–H groups in total. The smallest absolute Gasteiger partial charge is 0.354 e. The second-order valence-corrected chi connectivity index (χ2v) is 2.55. The quantitative estimate of drug-likeness (QED) is 0.775. The van der Waals surface area contributed by atoms with Crippen LogP contribution >= 0.6 is 0 Å². The highest BCUT2D eigenvalue weighted by Crippen LogP contribution is 2.14. The molecule has 5 nitrogen and oxygen atoms in total. The molecule has 0 aromatic carbocycles. The van der Waals surface area contributed by atoms with E-state index in [0.717, 1.165) is 0 Å². The summed E-state index contributed by atoms with van der Waals surface area (Å²) in [5, 5.41) is 8.69. The Balaban J connectivity index is 2.46. The lowest BCUT2D eigenvalue weighted by atomic mass is 10.3. The van der Waals surface area contributed by atoms with E-state index >= 15 is 0 Å². The van der Waals surface area contributed by atoms with Crippen LogP contribution in [-0.2, 0) is 0 Å². The van der Waals surface area contributed by atoms with Crippen LogP contribution in [0.15, 0.2) is 35.1 Å². The Kier molecular flexibility index (Phi) is 1.98. The largest absolute Gasteiger partial charge is 0.477 e. The molecule has 0 aliphatic carbocycles. The van der Waals surface area contributed by atoms with E-state index < -0.39 is 5.97 Å². The fourth-order valence-corrected chi connectivity index (χ4v) is 1.00. The number of hydrogen-bond acceptors (Lipinski definition) is 4. The first kappa shape index (κ1) is 8.43. The zero-order valence-electron chi connectivity index (χ0n) is 7.04. The molecule has 2 aromatic heterocycles. The van der Waals surface area contributed by atoms with Crippen molar-refractivity contribution in [3.05, 3.63) is 36.4 Å². The van der Waals surface area contributed by atoms with Gasteiger partial charge in [-0.3, -0.25) is 0 Å². The second-order valence-electron chi connectivity index (χ2n) is 2.55. The molecule has 0 unspecified atom stereocenters. The van der Waals surface area contributed by atoms with Gasteiger partial charge in [-0.1, -0.05) is 0 Å². The van der Waals surface area contributed by atoms with E-state index in [-0.39, 0.29) is 11.5 Å². The molecule has 2 heterocycles. The molecule has 0 radical (unpaired) electrons. The number of carboxylic acid groups (broad SMARTS) is 1. The molecule has 0 aliphatic rings. The number of aromatic carboxylic acids is 1. The van der Waals surface area contributed by atoms with Crippen molar-refractivity contribution in [2.45, 2.75) is 0 Å². The van der Waals surface area contributed by atoms with Gasteiger partial charge in [-0.15, -0.1) is 0 Å². The number of rotatable bonds is 2. The Morgan fingerprint density at radius 3 is 2.93 bits per heavy atom. The van der Waals surface area contributed by atoms with Gasteiger partial charge < -0.3 is 9.52 Å². The van der Waals surface area contributed by atoms with E-state index in [1.807, 2.05) is 0 Å². The Bertz CT molecular complexity index is 451. The van der Waals surface area contributed by atoms with Crippen LogP contribution in [0, 0.1) is 0 Å². The van der Waals surface area contributed by atoms with Crippen LogP contribution in [0.2, 0.25) is 0 Å². The molecule has 2 aromatic rings. The summed E-state index contributed by atoms with van der Waals surface area (Å²) in [6.07, 6.45) is 2.86. The van der Waals surface area contributed by atoms with Gasteiger partial charge in [0.15, 0.2) is 17.3 Å². The van der Waals surface area contributed by atoms with Crippen molar-refractivity contribution in [1.82, 2.24) is 9.97 Å². The maximum absolute atomic E-state index is 10.6. The van der Waals surface area contributed by atoms with Crippen LogP contribution in [0.1, 0.15) is 10.5 Å². The van der Waals surface area contributed by atoms with Crippen LogP contribution in [0.25, 0.3) is 11.6 Å². The summed E-state index contributed by atoms with van der Waals surface area (Å²) < 4.78 is 5.04. The van der Waals surface area contributed by atoms with Gasteiger partial charge in [0.2, 0.25) is 0 Å². The number of hydrogen-bond donors (Lipinski definition) is 1. The summed E-state index contributed by atoms with van der Waals surface area (Å²) in [4.78, 5) is 18.3. The predicted molar refractivity (Wildman–Crippen MR) is 46.7 cm³/mol. The summed E-state index contributed by atoms with van der Waals surface area (Å²) in [5.74, 6) is -0.358. The lowest BCUT2D eigenvalue weighted by Gasteiger charge is -1.96. The molecule has 0 atom stereocenters. The standard InChI is InChI=1S/C9H6N2O3/c12-9(13)6-3-4-10-8(11-6)7-2-1-5-14-7/h1-5H,(H,12,13). The van der Waals surface area contributed by atoms with Crippen LogP contribution in [0.3, 0.4) is 0 Å². The molecule has 0 saturated carbocycles. The SMILES string of the molecule is O=C(O)c1ccnc(-c2ccco2)n1. The van der Waals surface area contributed by atoms with Crippen molar-refractivity contribution < 1.29 is 14.3 Å². The Morgan fingerprint density at radius 1 is 1.43 bits per heavy atom. The first-order valence-electron chi connectivity index (χ1n) is 3.87. The molecule has 0 aliphatic heterocycles. The first-order chi connectivity index (χ1) is 6.77. The van der Waals surface area contributed by atoms with Crippen molar-refractivity contribution in [2.75, 3.05) is 0 Å². The Labute approximate surface area is 79.0 Å². The van der Waals surface area contributed by atoms with Crippen LogP contribution < -0.4 is 0 Å². The summed E-state index contributed by atoms with van der Waals surface area (Å²) >= 11 is 0. The topological polar surface area (TPSA) is 76.2 Å². The van der Waals surface area contributed by atoms with E-state index in [0.29, 0.717) is 5.76 Å². The zero-order valence-corrected chi connectivity index (χ0v) is 7.04. The third-order valence-electron chi connectivity index (χ3n) is 1.62. The summed E-state index contributed by atoms with van der Waals surface area (Å²) in [7, 11) is 0. The van der Waals surface area contributed by atoms with Gasteiger partial charge in [0.05, 0.1) is 6.26 Å². The minimum Gasteiger partial charge on any atom is -0.477 e. The van der Waals surface area contributed by atoms with E-state index in [4.69, 9.17) is 9.52 Å². The molecule has 2 rings (SSSR count). The number of furan rings is 1. The maximum Gasteiger partial charge on any atom is 0.354 e. The number of nitrogens with zero attached hydrogens (tertiary/aromatic N) is 2. The minimum absolute atomic E-state index is 0.0496. The summed E-state index contributed by atoms with van der Waals surface area (Å²) in [6, 6.07) is 4.68. The molecule has 0 spiro atoms. The summed E-state index contributed by atoms with van der Waals surface area (Å²) in [5.41, 5.74) is -0.0496. The normalized spacial score (nSPS) is 10.0. The Hall–Kier alpha value is -2.17. The molecule has 5 heteroatoms. The van der Waals surface area contributed by atoms with E-state index in [1.54, 1.807) is 12.1 Å².